The highest BCUT2D eigenvalue weighted by Gasteiger charge is 2.37. The number of nitrogens with two attached hydrogens (primary N) is 1. The molecule has 188 valence electrons. The minimum absolute atomic E-state index is 0.120. The van der Waals surface area contributed by atoms with Crippen molar-refractivity contribution in [2.24, 2.45) is 16.6 Å². The summed E-state index contributed by atoms with van der Waals surface area (Å²) < 4.78 is 54.2. The number of alkyl halides is 3. The topological polar surface area (TPSA) is 91.8 Å². The second-order valence-corrected chi connectivity index (χ2v) is 9.96. The number of amidine groups is 1. The van der Waals surface area contributed by atoms with Crippen LogP contribution in [0.2, 0.25) is 0 Å². The molecule has 6 nitrogen and oxygen atoms in total. The van der Waals surface area contributed by atoms with Crippen LogP contribution in [-0.2, 0) is 17.6 Å². The molecule has 1 saturated heterocycles. The van der Waals surface area contributed by atoms with Crippen LogP contribution < -0.4 is 10.6 Å². The first kappa shape index (κ1) is 25.6. The Morgan fingerprint density at radius 2 is 2.00 bits per heavy atom. The van der Waals surface area contributed by atoms with Crippen molar-refractivity contribution >= 4 is 33.4 Å². The van der Waals surface area contributed by atoms with Crippen LogP contribution in [-0.4, -0.2) is 34.4 Å². The molecule has 0 bridgehead atoms. The number of benzene rings is 1. The molecule has 1 aromatic heterocycles. The van der Waals surface area contributed by atoms with E-state index >= 15 is 0 Å². The number of hydrogen-bond donors (Lipinski definition) is 2. The number of aliphatic imine (C=N–C) groups is 1. The molecule has 2 fully saturated rings. The molecule has 35 heavy (non-hydrogen) atoms. The molecule has 1 saturated carbocycles. The number of hydrogen-bond acceptors (Lipinski definition) is 4. The fourth-order valence-corrected chi connectivity index (χ4v) is 4.96. The normalized spacial score (nSPS) is 21.3. The van der Waals surface area contributed by atoms with E-state index in [4.69, 9.17) is 5.73 Å². The SMILES string of the molecule is CC1CC(C(=O)N=C(N)c2ccc(C(F)(F)F)nc2C2CC2)CCN1c1cc(Br)cc(F)c1CO. The number of pyridine rings is 1. The van der Waals surface area contributed by atoms with Crippen LogP contribution in [0.15, 0.2) is 33.7 Å². The molecule has 2 aliphatic rings. The van der Waals surface area contributed by atoms with Gasteiger partial charge < -0.3 is 15.7 Å². The maximum Gasteiger partial charge on any atom is 0.433 e. The Labute approximate surface area is 208 Å². The van der Waals surface area contributed by atoms with Crippen LogP contribution in [0, 0.1) is 11.7 Å². The van der Waals surface area contributed by atoms with Crippen molar-refractivity contribution in [3.63, 3.8) is 0 Å². The molecule has 11 heteroatoms. The summed E-state index contributed by atoms with van der Waals surface area (Å²) in [6.07, 6.45) is -2.29. The number of aliphatic hydroxyl groups excluding tert-OH is 1. The first-order chi connectivity index (χ1) is 16.5. The maximum atomic E-state index is 14.3. The Morgan fingerprint density at radius 3 is 2.60 bits per heavy atom. The van der Waals surface area contributed by atoms with Gasteiger partial charge in [-0.05, 0) is 56.9 Å². The zero-order valence-electron chi connectivity index (χ0n) is 18.9. The Balaban J connectivity index is 1.52. The number of carbonyl (C=O) groups is 1. The van der Waals surface area contributed by atoms with E-state index in [0.29, 0.717) is 42.4 Å². The van der Waals surface area contributed by atoms with E-state index in [0.717, 1.165) is 6.07 Å². The van der Waals surface area contributed by atoms with Gasteiger partial charge in [-0.15, -0.1) is 0 Å². The van der Waals surface area contributed by atoms with Gasteiger partial charge in [0.1, 0.15) is 17.3 Å². The van der Waals surface area contributed by atoms with Gasteiger partial charge in [-0.2, -0.15) is 18.2 Å². The van der Waals surface area contributed by atoms with Crippen molar-refractivity contribution in [3.8, 4) is 0 Å². The monoisotopic (exact) mass is 556 g/mol. The summed E-state index contributed by atoms with van der Waals surface area (Å²) >= 11 is 3.28. The number of aromatic nitrogens is 1. The lowest BCUT2D eigenvalue weighted by Gasteiger charge is -2.39. The summed E-state index contributed by atoms with van der Waals surface area (Å²) in [6.45, 7) is 1.88. The molecule has 1 aliphatic carbocycles. The van der Waals surface area contributed by atoms with E-state index in [1.54, 1.807) is 6.07 Å². The molecule has 3 N–H and O–H groups in total. The van der Waals surface area contributed by atoms with Crippen LogP contribution in [0.25, 0.3) is 0 Å². The molecule has 2 heterocycles. The van der Waals surface area contributed by atoms with Crippen molar-refractivity contribution in [1.29, 1.82) is 0 Å². The number of halogens is 5. The first-order valence-electron chi connectivity index (χ1n) is 11.3. The lowest BCUT2D eigenvalue weighted by atomic mass is 9.90. The summed E-state index contributed by atoms with van der Waals surface area (Å²) in [4.78, 5) is 22.7. The number of aliphatic hydroxyl groups is 1. The predicted octanol–water partition coefficient (Wildman–Crippen LogP) is 4.91. The lowest BCUT2D eigenvalue weighted by Crippen LogP contribution is -2.43. The molecule has 2 unspecified atom stereocenters. The smallest absolute Gasteiger partial charge is 0.391 e. The molecule has 1 amide bonds. The Kier molecular flexibility index (Phi) is 7.19. The van der Waals surface area contributed by atoms with Gasteiger partial charge >= 0.3 is 6.18 Å². The minimum atomic E-state index is -4.57. The largest absolute Gasteiger partial charge is 0.433 e. The summed E-state index contributed by atoms with van der Waals surface area (Å²) in [5.74, 6) is -1.66. The van der Waals surface area contributed by atoms with Crippen molar-refractivity contribution < 1.29 is 27.5 Å². The van der Waals surface area contributed by atoms with Crippen LogP contribution in [0.4, 0.5) is 23.2 Å². The molecular formula is C24H25BrF4N4O2. The first-order valence-corrected chi connectivity index (χ1v) is 12.1. The molecule has 1 aromatic carbocycles. The minimum Gasteiger partial charge on any atom is -0.391 e. The van der Waals surface area contributed by atoms with Gasteiger partial charge in [0.25, 0.3) is 5.91 Å². The number of anilines is 1. The average Bonchev–Trinajstić information content (AvgIpc) is 3.63. The van der Waals surface area contributed by atoms with Gasteiger partial charge in [0, 0.05) is 45.7 Å². The number of amides is 1. The lowest BCUT2D eigenvalue weighted by molar-refractivity contribution is -0.141. The van der Waals surface area contributed by atoms with Gasteiger partial charge in [-0.25, -0.2) is 9.37 Å². The van der Waals surface area contributed by atoms with Crippen LogP contribution in [0.1, 0.15) is 61.0 Å². The average molecular weight is 557 g/mol. The zero-order chi connectivity index (χ0) is 25.5. The molecule has 2 atom stereocenters. The highest BCUT2D eigenvalue weighted by Crippen LogP contribution is 2.42. The van der Waals surface area contributed by atoms with Gasteiger partial charge in [0.15, 0.2) is 0 Å². The maximum absolute atomic E-state index is 14.3. The van der Waals surface area contributed by atoms with Crippen molar-refractivity contribution in [3.05, 3.63) is 57.1 Å². The second kappa shape index (κ2) is 9.85. The Hall–Kier alpha value is -2.53. The van der Waals surface area contributed by atoms with Gasteiger partial charge in [-0.1, -0.05) is 15.9 Å². The van der Waals surface area contributed by atoms with E-state index in [2.05, 4.69) is 25.9 Å². The Morgan fingerprint density at radius 1 is 1.29 bits per heavy atom. The number of rotatable bonds is 5. The third kappa shape index (κ3) is 5.50. The highest BCUT2D eigenvalue weighted by atomic mass is 79.9. The van der Waals surface area contributed by atoms with Crippen LogP contribution in [0.3, 0.4) is 0 Å². The molecule has 4 rings (SSSR count). The van der Waals surface area contributed by atoms with Gasteiger partial charge in [-0.3, -0.25) is 4.79 Å². The van der Waals surface area contributed by atoms with Crippen LogP contribution >= 0.6 is 15.9 Å². The molecule has 0 spiro atoms. The number of carbonyl (C=O) groups excluding carboxylic acids is 1. The standard InChI is InChI=1S/C24H25BrF4N4O2/c1-12-8-14(6-7-33(12)19-10-15(25)9-18(26)17(19)11-34)23(35)32-22(30)16-4-5-20(24(27,28)29)31-21(16)13-2-3-13/h4-5,9-10,12-14,34H,2-3,6-8,11H2,1H3,(H2,30,32,35). The molecule has 0 radical (unpaired) electrons. The van der Waals surface area contributed by atoms with Crippen molar-refractivity contribution in [2.75, 3.05) is 11.4 Å². The molecular weight excluding hydrogens is 532 g/mol. The van der Waals surface area contributed by atoms with Crippen LogP contribution in [0.5, 0.6) is 0 Å². The van der Waals surface area contributed by atoms with Crippen molar-refractivity contribution in [1.82, 2.24) is 4.98 Å². The zero-order valence-corrected chi connectivity index (χ0v) is 20.5. The van der Waals surface area contributed by atoms with Gasteiger partial charge in [0.05, 0.1) is 12.3 Å². The summed E-state index contributed by atoms with van der Waals surface area (Å²) in [7, 11) is 0. The van der Waals surface area contributed by atoms with E-state index in [1.807, 2.05) is 11.8 Å². The summed E-state index contributed by atoms with van der Waals surface area (Å²) in [5.41, 5.74) is 6.32. The second-order valence-electron chi connectivity index (χ2n) is 9.04. The third-order valence-corrected chi connectivity index (χ3v) is 6.97. The Bertz CT molecular complexity index is 1170. The summed E-state index contributed by atoms with van der Waals surface area (Å²) in [5, 5.41) is 9.65. The van der Waals surface area contributed by atoms with E-state index in [9.17, 15) is 27.5 Å². The fraction of sp³-hybridized carbons (Fsp3) is 0.458. The predicted molar refractivity (Wildman–Crippen MR) is 127 cm³/mol. The van der Waals surface area contributed by atoms with Crippen molar-refractivity contribution in [2.45, 2.75) is 57.3 Å². The summed E-state index contributed by atoms with van der Waals surface area (Å²) in [6, 6.07) is 4.96. The van der Waals surface area contributed by atoms with E-state index in [-0.39, 0.29) is 34.6 Å². The quantitative estimate of drug-likeness (QED) is 0.310. The molecule has 2 aromatic rings. The number of nitrogens with zero attached hydrogens (tertiary/aromatic N) is 3. The highest BCUT2D eigenvalue weighted by molar-refractivity contribution is 9.10. The van der Waals surface area contributed by atoms with E-state index < -0.39 is 36.1 Å². The van der Waals surface area contributed by atoms with Gasteiger partial charge in [0.2, 0.25) is 0 Å². The third-order valence-electron chi connectivity index (χ3n) is 6.52. The number of piperidine rings is 1. The fourth-order valence-electron chi connectivity index (χ4n) is 4.54. The molecule has 1 aliphatic heterocycles. The van der Waals surface area contributed by atoms with E-state index in [1.165, 1.54) is 12.1 Å².